The molecule has 0 radical (unpaired) electrons. The van der Waals surface area contributed by atoms with Gasteiger partial charge in [0.05, 0.1) is 11.6 Å². The Morgan fingerprint density at radius 2 is 1.66 bits per heavy atom. The molecule has 2 aliphatic rings. The van der Waals surface area contributed by atoms with E-state index in [0.29, 0.717) is 24.9 Å². The summed E-state index contributed by atoms with van der Waals surface area (Å²) in [6.07, 6.45) is 3.88. The van der Waals surface area contributed by atoms with E-state index in [2.05, 4.69) is 54.5 Å². The molecular formula is C27H37N3O2. The maximum atomic E-state index is 13.4. The van der Waals surface area contributed by atoms with Crippen LogP contribution in [-0.2, 0) is 4.79 Å². The summed E-state index contributed by atoms with van der Waals surface area (Å²) in [5.74, 6) is 1.07. The number of amides is 2. The Morgan fingerprint density at radius 1 is 0.969 bits per heavy atom. The van der Waals surface area contributed by atoms with Gasteiger partial charge in [0.15, 0.2) is 0 Å². The molecule has 2 unspecified atom stereocenters. The highest BCUT2D eigenvalue weighted by molar-refractivity contribution is 5.96. The number of benzene rings is 1. The molecule has 172 valence electrons. The molecule has 0 saturated carbocycles. The van der Waals surface area contributed by atoms with Crippen molar-refractivity contribution in [3.05, 3.63) is 58.9 Å². The summed E-state index contributed by atoms with van der Waals surface area (Å²) < 4.78 is 2.26. The molecule has 5 heteroatoms. The molecule has 32 heavy (non-hydrogen) atoms. The first-order valence-corrected chi connectivity index (χ1v) is 12.2. The molecule has 2 atom stereocenters. The van der Waals surface area contributed by atoms with Crippen molar-refractivity contribution in [1.82, 2.24) is 14.4 Å². The number of piperidine rings is 2. The van der Waals surface area contributed by atoms with Crippen LogP contribution in [0.25, 0.3) is 0 Å². The predicted molar refractivity (Wildman–Crippen MR) is 128 cm³/mol. The molecule has 0 spiro atoms. The van der Waals surface area contributed by atoms with Gasteiger partial charge < -0.3 is 14.4 Å². The van der Waals surface area contributed by atoms with Gasteiger partial charge >= 0.3 is 0 Å². The fraction of sp³-hybridized carbons (Fsp3) is 0.556. The predicted octanol–water partition coefficient (Wildman–Crippen LogP) is 4.82. The zero-order chi connectivity index (χ0) is 22.8. The summed E-state index contributed by atoms with van der Waals surface area (Å²) in [5.41, 5.74) is 4.15. The van der Waals surface area contributed by atoms with E-state index in [9.17, 15) is 9.59 Å². The lowest BCUT2D eigenvalue weighted by Gasteiger charge is -2.37. The van der Waals surface area contributed by atoms with Gasteiger partial charge in [-0.3, -0.25) is 9.59 Å². The molecule has 2 amide bonds. The van der Waals surface area contributed by atoms with Crippen LogP contribution in [0.3, 0.4) is 0 Å². The van der Waals surface area contributed by atoms with Gasteiger partial charge in [-0.2, -0.15) is 0 Å². The van der Waals surface area contributed by atoms with Crippen molar-refractivity contribution in [3.63, 3.8) is 0 Å². The van der Waals surface area contributed by atoms with Gasteiger partial charge in [0.2, 0.25) is 5.91 Å². The molecule has 1 aromatic heterocycles. The first-order chi connectivity index (χ1) is 15.4. The van der Waals surface area contributed by atoms with E-state index in [4.69, 9.17) is 0 Å². The summed E-state index contributed by atoms with van der Waals surface area (Å²) in [6, 6.07) is 12.6. The van der Waals surface area contributed by atoms with Crippen LogP contribution >= 0.6 is 0 Å². The summed E-state index contributed by atoms with van der Waals surface area (Å²) in [6.45, 7) is 11.7. The highest BCUT2D eigenvalue weighted by Crippen LogP contribution is 2.28. The first-order valence-electron chi connectivity index (χ1n) is 12.2. The minimum absolute atomic E-state index is 0.0647. The lowest BCUT2D eigenvalue weighted by molar-refractivity contribution is -0.138. The highest BCUT2D eigenvalue weighted by Gasteiger charge is 2.33. The van der Waals surface area contributed by atoms with E-state index in [1.807, 2.05) is 24.0 Å². The van der Waals surface area contributed by atoms with E-state index in [0.717, 1.165) is 49.3 Å². The minimum atomic E-state index is 0.0647. The zero-order valence-electron chi connectivity index (χ0n) is 20.0. The van der Waals surface area contributed by atoms with Gasteiger partial charge in [-0.25, -0.2) is 0 Å². The molecule has 0 aliphatic carbocycles. The second-order valence-corrected chi connectivity index (χ2v) is 9.84. The molecular weight excluding hydrogens is 398 g/mol. The Hall–Kier alpha value is -2.56. The Labute approximate surface area is 192 Å². The molecule has 2 fully saturated rings. The van der Waals surface area contributed by atoms with Crippen molar-refractivity contribution in [3.8, 4) is 0 Å². The largest absolute Gasteiger partial charge is 0.342 e. The molecule has 0 N–H and O–H groups in total. The third-order valence-electron chi connectivity index (χ3n) is 7.48. The fourth-order valence-corrected chi connectivity index (χ4v) is 5.62. The van der Waals surface area contributed by atoms with Crippen LogP contribution in [0.5, 0.6) is 0 Å². The SMILES string of the molecule is Cc1cc(C(=O)N2CCC(C(=O)N3CCCC(C)C3)CC2)c(C)n1C(C)c1ccccc1. The Kier molecular flexibility index (Phi) is 6.73. The van der Waals surface area contributed by atoms with Gasteiger partial charge in [0, 0.05) is 43.5 Å². The number of rotatable bonds is 4. The highest BCUT2D eigenvalue weighted by atomic mass is 16.2. The number of aryl methyl sites for hydroxylation is 1. The van der Waals surface area contributed by atoms with Crippen molar-refractivity contribution in [2.45, 2.75) is 59.4 Å². The average molecular weight is 436 g/mol. The minimum Gasteiger partial charge on any atom is -0.342 e. The smallest absolute Gasteiger partial charge is 0.255 e. The van der Waals surface area contributed by atoms with E-state index >= 15 is 0 Å². The lowest BCUT2D eigenvalue weighted by Crippen LogP contribution is -2.47. The van der Waals surface area contributed by atoms with Crippen LogP contribution in [0.15, 0.2) is 36.4 Å². The topological polar surface area (TPSA) is 45.6 Å². The number of carbonyl (C=O) groups is 2. The van der Waals surface area contributed by atoms with Gasteiger partial charge in [0.25, 0.3) is 5.91 Å². The second kappa shape index (κ2) is 9.51. The van der Waals surface area contributed by atoms with Gasteiger partial charge in [-0.05, 0) is 64.0 Å². The molecule has 4 rings (SSSR count). The van der Waals surface area contributed by atoms with Crippen molar-refractivity contribution < 1.29 is 9.59 Å². The maximum Gasteiger partial charge on any atom is 0.255 e. The zero-order valence-corrected chi connectivity index (χ0v) is 20.0. The third-order valence-corrected chi connectivity index (χ3v) is 7.48. The number of likely N-dealkylation sites (tertiary alicyclic amines) is 2. The van der Waals surface area contributed by atoms with Crippen molar-refractivity contribution in [2.75, 3.05) is 26.2 Å². The number of aromatic nitrogens is 1. The summed E-state index contributed by atoms with van der Waals surface area (Å²) in [4.78, 5) is 30.4. The van der Waals surface area contributed by atoms with E-state index in [1.165, 1.54) is 12.0 Å². The number of hydrogen-bond donors (Lipinski definition) is 0. The lowest BCUT2D eigenvalue weighted by atomic mass is 9.92. The summed E-state index contributed by atoms with van der Waals surface area (Å²) in [7, 11) is 0. The normalized spacial score (nSPS) is 20.9. The molecule has 0 bridgehead atoms. The van der Waals surface area contributed by atoms with Crippen LogP contribution in [0, 0.1) is 25.7 Å². The number of nitrogens with zero attached hydrogens (tertiary/aromatic N) is 3. The Balaban J connectivity index is 1.42. The van der Waals surface area contributed by atoms with E-state index in [1.54, 1.807) is 0 Å². The fourth-order valence-electron chi connectivity index (χ4n) is 5.62. The van der Waals surface area contributed by atoms with Gasteiger partial charge in [-0.1, -0.05) is 37.3 Å². The molecule has 2 saturated heterocycles. The quantitative estimate of drug-likeness (QED) is 0.691. The van der Waals surface area contributed by atoms with Gasteiger partial charge in [0.1, 0.15) is 0 Å². The van der Waals surface area contributed by atoms with Crippen LogP contribution in [0.1, 0.15) is 72.9 Å². The van der Waals surface area contributed by atoms with Crippen LogP contribution < -0.4 is 0 Å². The Morgan fingerprint density at radius 3 is 2.31 bits per heavy atom. The van der Waals surface area contributed by atoms with Crippen LogP contribution in [0.2, 0.25) is 0 Å². The third kappa shape index (κ3) is 4.48. The number of hydrogen-bond acceptors (Lipinski definition) is 2. The first kappa shape index (κ1) is 22.6. The molecule has 5 nitrogen and oxygen atoms in total. The van der Waals surface area contributed by atoms with Crippen LogP contribution in [0.4, 0.5) is 0 Å². The molecule has 2 aromatic rings. The average Bonchev–Trinajstić information content (AvgIpc) is 3.12. The molecule has 2 aliphatic heterocycles. The second-order valence-electron chi connectivity index (χ2n) is 9.84. The Bertz CT molecular complexity index is 957. The summed E-state index contributed by atoms with van der Waals surface area (Å²) >= 11 is 0. The van der Waals surface area contributed by atoms with Gasteiger partial charge in [-0.15, -0.1) is 0 Å². The standard InChI is InChI=1S/C27H37N3O2/c1-19-9-8-14-29(18-19)26(31)24-12-15-28(16-13-24)27(32)25-17-20(2)30(22(25)4)21(3)23-10-6-5-7-11-23/h5-7,10-11,17,19,21,24H,8-9,12-16,18H2,1-4H3. The van der Waals surface area contributed by atoms with E-state index < -0.39 is 0 Å². The number of carbonyl (C=O) groups excluding carboxylic acids is 2. The maximum absolute atomic E-state index is 13.4. The van der Waals surface area contributed by atoms with Crippen molar-refractivity contribution in [1.29, 1.82) is 0 Å². The summed E-state index contributed by atoms with van der Waals surface area (Å²) in [5, 5.41) is 0. The van der Waals surface area contributed by atoms with Crippen LogP contribution in [-0.4, -0.2) is 52.4 Å². The van der Waals surface area contributed by atoms with E-state index in [-0.39, 0.29) is 17.9 Å². The van der Waals surface area contributed by atoms with Crippen molar-refractivity contribution in [2.24, 2.45) is 11.8 Å². The molecule has 1 aromatic carbocycles. The monoisotopic (exact) mass is 435 g/mol. The van der Waals surface area contributed by atoms with Crippen molar-refractivity contribution >= 4 is 11.8 Å². The molecule has 3 heterocycles.